The molecule has 0 saturated heterocycles. The summed E-state index contributed by atoms with van der Waals surface area (Å²) in [4.78, 5) is 15.4. The summed E-state index contributed by atoms with van der Waals surface area (Å²) in [6, 6.07) is 3.25. The van der Waals surface area contributed by atoms with E-state index in [1.807, 2.05) is 6.92 Å². The second-order valence-corrected chi connectivity index (χ2v) is 5.09. The fourth-order valence-electron chi connectivity index (χ4n) is 2.10. The summed E-state index contributed by atoms with van der Waals surface area (Å²) in [5.41, 5.74) is 1.12. The Balaban J connectivity index is 2.39. The van der Waals surface area contributed by atoms with E-state index in [9.17, 15) is 4.79 Å². The van der Waals surface area contributed by atoms with Crippen molar-refractivity contribution >= 4 is 11.8 Å². The van der Waals surface area contributed by atoms with Gasteiger partial charge in [0.2, 0.25) is 0 Å². The number of nitrogens with one attached hydrogen (secondary N) is 1. The van der Waals surface area contributed by atoms with Crippen LogP contribution in [0.4, 0.5) is 5.82 Å². The number of nitrogens with zero attached hydrogens (tertiary/aromatic N) is 1. The van der Waals surface area contributed by atoms with Crippen LogP contribution in [-0.2, 0) is 6.42 Å². The van der Waals surface area contributed by atoms with Crippen molar-refractivity contribution in [2.24, 2.45) is 0 Å². The Hall–Kier alpha value is -1.58. The molecule has 20 heavy (non-hydrogen) atoms. The van der Waals surface area contributed by atoms with Crippen LogP contribution in [0.15, 0.2) is 12.1 Å². The van der Waals surface area contributed by atoms with Crippen molar-refractivity contribution < 1.29 is 9.90 Å². The number of carboxylic acid groups (broad SMARTS) is 1. The fourth-order valence-corrected chi connectivity index (χ4v) is 2.10. The molecule has 4 nitrogen and oxygen atoms in total. The molecule has 1 heterocycles. The molecule has 0 aliphatic carbocycles. The minimum absolute atomic E-state index is 0.308. The molecule has 1 aromatic heterocycles. The van der Waals surface area contributed by atoms with E-state index in [4.69, 9.17) is 5.11 Å². The number of hydrogen-bond acceptors (Lipinski definition) is 3. The molecule has 0 aliphatic rings. The third-order valence-electron chi connectivity index (χ3n) is 3.32. The minimum atomic E-state index is -0.898. The van der Waals surface area contributed by atoms with Crippen LogP contribution in [0.1, 0.15) is 68.4 Å². The van der Waals surface area contributed by atoms with Gasteiger partial charge in [-0.3, -0.25) is 0 Å². The van der Waals surface area contributed by atoms with Crippen LogP contribution in [-0.4, -0.2) is 22.6 Å². The predicted molar refractivity (Wildman–Crippen MR) is 82.4 cm³/mol. The first-order chi connectivity index (χ1) is 9.67. The van der Waals surface area contributed by atoms with Gasteiger partial charge in [0.1, 0.15) is 5.82 Å². The van der Waals surface area contributed by atoms with E-state index in [0.717, 1.165) is 25.1 Å². The number of pyridine rings is 1. The van der Waals surface area contributed by atoms with Gasteiger partial charge in [-0.25, -0.2) is 9.78 Å². The lowest BCUT2D eigenvalue weighted by molar-refractivity contribution is 0.0696. The van der Waals surface area contributed by atoms with Gasteiger partial charge < -0.3 is 10.4 Å². The van der Waals surface area contributed by atoms with Crippen LogP contribution in [0.3, 0.4) is 0 Å². The van der Waals surface area contributed by atoms with Crippen molar-refractivity contribution in [3.05, 3.63) is 23.4 Å². The normalized spacial score (nSPS) is 10.5. The number of aromatic carboxylic acids is 1. The van der Waals surface area contributed by atoms with E-state index in [0.29, 0.717) is 11.4 Å². The number of carboxylic acids is 1. The number of unbranched alkanes of at least 4 members (excludes halogenated alkanes) is 5. The SMILES string of the molecule is CCCCCCCCNc1cc(C(=O)O)cc(CC)n1. The lowest BCUT2D eigenvalue weighted by Gasteiger charge is -2.08. The van der Waals surface area contributed by atoms with Gasteiger partial charge in [0.05, 0.1) is 5.56 Å². The highest BCUT2D eigenvalue weighted by molar-refractivity contribution is 5.88. The van der Waals surface area contributed by atoms with E-state index < -0.39 is 5.97 Å². The Kier molecular flexibility index (Phi) is 7.70. The van der Waals surface area contributed by atoms with Crippen molar-refractivity contribution in [1.29, 1.82) is 0 Å². The van der Waals surface area contributed by atoms with Gasteiger partial charge in [0, 0.05) is 12.2 Å². The van der Waals surface area contributed by atoms with Crippen molar-refractivity contribution in [1.82, 2.24) is 4.98 Å². The molecule has 112 valence electrons. The molecule has 2 N–H and O–H groups in total. The summed E-state index contributed by atoms with van der Waals surface area (Å²) in [5, 5.41) is 12.3. The van der Waals surface area contributed by atoms with Gasteiger partial charge >= 0.3 is 5.97 Å². The molecule has 0 bridgehead atoms. The molecule has 0 atom stereocenters. The summed E-state index contributed by atoms with van der Waals surface area (Å²) < 4.78 is 0. The first-order valence-electron chi connectivity index (χ1n) is 7.65. The lowest BCUT2D eigenvalue weighted by Crippen LogP contribution is -2.07. The average molecular weight is 278 g/mol. The number of carbonyl (C=O) groups is 1. The third-order valence-corrected chi connectivity index (χ3v) is 3.32. The molecule has 0 amide bonds. The highest BCUT2D eigenvalue weighted by atomic mass is 16.4. The van der Waals surface area contributed by atoms with Gasteiger partial charge in [-0.1, -0.05) is 46.0 Å². The first kappa shape index (κ1) is 16.5. The fraction of sp³-hybridized carbons (Fsp3) is 0.625. The maximum absolute atomic E-state index is 11.0. The van der Waals surface area contributed by atoms with E-state index in [2.05, 4.69) is 17.2 Å². The quantitative estimate of drug-likeness (QED) is 0.632. The summed E-state index contributed by atoms with van der Waals surface area (Å²) in [5.74, 6) is -0.222. The molecule has 0 unspecified atom stereocenters. The standard InChI is InChI=1S/C16H26N2O2/c1-3-5-6-7-8-9-10-17-15-12-13(16(19)20)11-14(4-2)18-15/h11-12H,3-10H2,1-2H3,(H,17,18)(H,19,20). The molecule has 0 radical (unpaired) electrons. The molecular formula is C16H26N2O2. The Morgan fingerprint density at radius 3 is 2.50 bits per heavy atom. The Morgan fingerprint density at radius 1 is 1.15 bits per heavy atom. The zero-order valence-electron chi connectivity index (χ0n) is 12.6. The third kappa shape index (κ3) is 6.04. The van der Waals surface area contributed by atoms with Crippen LogP contribution in [0, 0.1) is 0 Å². The smallest absolute Gasteiger partial charge is 0.335 e. The largest absolute Gasteiger partial charge is 0.478 e. The molecule has 0 fully saturated rings. The van der Waals surface area contributed by atoms with Gasteiger partial charge in [-0.05, 0) is 25.0 Å². The summed E-state index contributed by atoms with van der Waals surface area (Å²) in [6.07, 6.45) is 8.23. The van der Waals surface area contributed by atoms with Crippen LogP contribution >= 0.6 is 0 Å². The van der Waals surface area contributed by atoms with Crippen LogP contribution < -0.4 is 5.32 Å². The van der Waals surface area contributed by atoms with Crippen molar-refractivity contribution in [3.8, 4) is 0 Å². The highest BCUT2D eigenvalue weighted by Crippen LogP contribution is 2.12. The second-order valence-electron chi connectivity index (χ2n) is 5.09. The Morgan fingerprint density at radius 2 is 1.85 bits per heavy atom. The minimum Gasteiger partial charge on any atom is -0.478 e. The number of aromatic nitrogens is 1. The Labute approximate surface area is 121 Å². The van der Waals surface area contributed by atoms with Crippen LogP contribution in [0.25, 0.3) is 0 Å². The molecule has 0 aliphatic heterocycles. The van der Waals surface area contributed by atoms with Crippen LogP contribution in [0.5, 0.6) is 0 Å². The van der Waals surface area contributed by atoms with Gasteiger partial charge in [0.25, 0.3) is 0 Å². The molecule has 0 saturated carbocycles. The molecule has 0 aromatic carbocycles. The van der Waals surface area contributed by atoms with Gasteiger partial charge in [0.15, 0.2) is 0 Å². The predicted octanol–water partition coefficient (Wildman–Crippen LogP) is 4.11. The van der Waals surface area contributed by atoms with Crippen molar-refractivity contribution in [3.63, 3.8) is 0 Å². The molecule has 0 spiro atoms. The molecule has 4 heteroatoms. The van der Waals surface area contributed by atoms with E-state index >= 15 is 0 Å². The van der Waals surface area contributed by atoms with Gasteiger partial charge in [-0.15, -0.1) is 0 Å². The number of aryl methyl sites for hydroxylation is 1. The molecular weight excluding hydrogens is 252 g/mol. The highest BCUT2D eigenvalue weighted by Gasteiger charge is 2.07. The van der Waals surface area contributed by atoms with Crippen molar-refractivity contribution in [2.45, 2.75) is 58.8 Å². The lowest BCUT2D eigenvalue weighted by atomic mass is 10.1. The maximum atomic E-state index is 11.0. The zero-order valence-corrected chi connectivity index (χ0v) is 12.6. The summed E-state index contributed by atoms with van der Waals surface area (Å²) >= 11 is 0. The Bertz CT molecular complexity index is 419. The summed E-state index contributed by atoms with van der Waals surface area (Å²) in [6.45, 7) is 5.05. The molecule has 1 rings (SSSR count). The number of hydrogen-bond donors (Lipinski definition) is 2. The van der Waals surface area contributed by atoms with Gasteiger partial charge in [-0.2, -0.15) is 0 Å². The second kappa shape index (κ2) is 9.34. The molecule has 1 aromatic rings. The monoisotopic (exact) mass is 278 g/mol. The average Bonchev–Trinajstić information content (AvgIpc) is 2.46. The van der Waals surface area contributed by atoms with E-state index in [1.54, 1.807) is 12.1 Å². The topological polar surface area (TPSA) is 62.2 Å². The van der Waals surface area contributed by atoms with E-state index in [1.165, 1.54) is 32.1 Å². The van der Waals surface area contributed by atoms with E-state index in [-0.39, 0.29) is 0 Å². The maximum Gasteiger partial charge on any atom is 0.335 e. The van der Waals surface area contributed by atoms with Crippen molar-refractivity contribution in [2.75, 3.05) is 11.9 Å². The number of anilines is 1. The zero-order chi connectivity index (χ0) is 14.8. The van der Waals surface area contributed by atoms with Crippen LogP contribution in [0.2, 0.25) is 0 Å². The first-order valence-corrected chi connectivity index (χ1v) is 7.65. The number of rotatable bonds is 10. The summed E-state index contributed by atoms with van der Waals surface area (Å²) in [7, 11) is 0.